The molecule has 0 atom stereocenters. The Bertz CT molecular complexity index is 1000. The third-order valence-corrected chi connectivity index (χ3v) is 4.62. The molecule has 0 radical (unpaired) electrons. The van der Waals surface area contributed by atoms with Crippen LogP contribution in [-0.4, -0.2) is 18.6 Å². The van der Waals surface area contributed by atoms with Gasteiger partial charge in [-0.25, -0.2) is 5.10 Å². The minimum atomic E-state index is -3.85. The molecule has 1 aromatic carbocycles. The number of H-pyrrole nitrogens is 1. The van der Waals surface area contributed by atoms with Crippen molar-refractivity contribution in [2.24, 2.45) is 0 Å². The number of anilines is 1. The van der Waals surface area contributed by atoms with E-state index in [2.05, 4.69) is 14.9 Å². The topological polar surface area (TPSA) is 105 Å². The largest absolute Gasteiger partial charge is 0.441 e. The number of nitrogens with zero attached hydrogens (tertiary/aromatic N) is 1. The predicted octanol–water partition coefficient (Wildman–Crippen LogP) is 2.39. The van der Waals surface area contributed by atoms with Gasteiger partial charge in [0, 0.05) is 11.8 Å². The zero-order valence-electron chi connectivity index (χ0n) is 12.8. The van der Waals surface area contributed by atoms with E-state index in [1.165, 1.54) is 24.3 Å². The Morgan fingerprint density at radius 2 is 2.00 bits per heavy atom. The summed E-state index contributed by atoms with van der Waals surface area (Å²) in [5.74, 6) is 0.244. The highest BCUT2D eigenvalue weighted by atomic mass is 32.2. The van der Waals surface area contributed by atoms with Crippen molar-refractivity contribution >= 4 is 15.7 Å². The quantitative estimate of drug-likeness (QED) is 0.739. The number of hydrogen-bond donors (Lipinski definition) is 2. The third-order valence-electron chi connectivity index (χ3n) is 3.37. The monoisotopic (exact) mass is 345 g/mol. The summed E-state index contributed by atoms with van der Waals surface area (Å²) in [4.78, 5) is 11.0. The molecule has 3 rings (SSSR count). The van der Waals surface area contributed by atoms with E-state index in [-0.39, 0.29) is 16.4 Å². The van der Waals surface area contributed by atoms with Gasteiger partial charge >= 0.3 is 0 Å². The maximum atomic E-state index is 12.4. The van der Waals surface area contributed by atoms with Gasteiger partial charge in [-0.2, -0.15) is 13.5 Å². The lowest BCUT2D eigenvalue weighted by Gasteiger charge is -2.07. The highest BCUT2D eigenvalue weighted by molar-refractivity contribution is 7.92. The van der Waals surface area contributed by atoms with E-state index in [4.69, 9.17) is 4.42 Å². The zero-order chi connectivity index (χ0) is 17.2. The zero-order valence-corrected chi connectivity index (χ0v) is 13.6. The van der Waals surface area contributed by atoms with Gasteiger partial charge in [0.1, 0.15) is 5.69 Å². The molecule has 0 aliphatic heterocycles. The van der Waals surface area contributed by atoms with Gasteiger partial charge in [0.25, 0.3) is 15.6 Å². The summed E-state index contributed by atoms with van der Waals surface area (Å²) in [5.41, 5.74) is 1.47. The molecule has 2 N–H and O–H groups in total. The molecule has 0 bridgehead atoms. The first kappa shape index (κ1) is 16.0. The number of aryl methyl sites for hydroxylation is 1. The first-order valence-electron chi connectivity index (χ1n) is 7.25. The van der Waals surface area contributed by atoms with E-state index < -0.39 is 10.0 Å². The Morgan fingerprint density at radius 3 is 2.71 bits per heavy atom. The molecular weight excluding hydrogens is 330 g/mol. The molecule has 0 unspecified atom stereocenters. The molecule has 0 saturated heterocycles. The van der Waals surface area contributed by atoms with Crippen LogP contribution in [-0.2, 0) is 16.4 Å². The first-order valence-corrected chi connectivity index (χ1v) is 8.74. The van der Waals surface area contributed by atoms with E-state index in [9.17, 15) is 13.2 Å². The fraction of sp³-hybridized carbons (Fsp3) is 0.125. The number of sulfonamides is 1. The van der Waals surface area contributed by atoms with Gasteiger partial charge in [-0.15, -0.1) is 0 Å². The van der Waals surface area contributed by atoms with Crippen LogP contribution < -0.4 is 10.3 Å². The third kappa shape index (κ3) is 3.38. The lowest BCUT2D eigenvalue weighted by atomic mass is 10.1. The molecule has 0 aliphatic rings. The Balaban J connectivity index is 1.87. The van der Waals surface area contributed by atoms with E-state index in [1.54, 1.807) is 18.2 Å². The minimum absolute atomic E-state index is 0.229. The van der Waals surface area contributed by atoms with E-state index >= 15 is 0 Å². The second kappa shape index (κ2) is 6.32. The maximum Gasteiger partial charge on any atom is 0.295 e. The van der Waals surface area contributed by atoms with Crippen molar-refractivity contribution in [3.05, 3.63) is 64.4 Å². The molecule has 0 saturated carbocycles. The van der Waals surface area contributed by atoms with Crippen LogP contribution in [0, 0.1) is 0 Å². The van der Waals surface area contributed by atoms with Gasteiger partial charge in [-0.1, -0.05) is 19.1 Å². The Morgan fingerprint density at radius 1 is 1.17 bits per heavy atom. The van der Waals surface area contributed by atoms with Crippen LogP contribution in [0.4, 0.5) is 5.69 Å². The standard InChI is InChI=1S/C16H15N3O4S/c1-2-11-4-3-5-12(10-11)19-24(21,22)16-9-7-14(23-16)13-6-8-15(20)18-17-13/h3-10,19H,2H2,1H3,(H,18,20). The molecule has 3 aromatic rings. The van der Waals surface area contributed by atoms with E-state index in [0.29, 0.717) is 11.4 Å². The minimum Gasteiger partial charge on any atom is -0.441 e. The van der Waals surface area contributed by atoms with Gasteiger partial charge in [0.2, 0.25) is 5.09 Å². The van der Waals surface area contributed by atoms with Crippen molar-refractivity contribution in [1.82, 2.24) is 10.2 Å². The van der Waals surface area contributed by atoms with Gasteiger partial charge in [0.05, 0.1) is 0 Å². The summed E-state index contributed by atoms with van der Waals surface area (Å²) in [6.45, 7) is 1.99. The van der Waals surface area contributed by atoms with Crippen LogP contribution in [0.2, 0.25) is 0 Å². The summed E-state index contributed by atoms with van der Waals surface area (Å²) in [7, 11) is -3.85. The van der Waals surface area contributed by atoms with E-state index in [1.807, 2.05) is 13.0 Å². The average molecular weight is 345 g/mol. The molecule has 0 amide bonds. The summed E-state index contributed by atoms with van der Waals surface area (Å²) in [6, 6.07) is 12.7. The number of aromatic nitrogens is 2. The van der Waals surface area contributed by atoms with Crippen molar-refractivity contribution in [2.45, 2.75) is 18.4 Å². The Labute approximate surface area is 138 Å². The molecule has 124 valence electrons. The summed E-state index contributed by atoms with van der Waals surface area (Å²) in [5, 5.41) is 5.84. The van der Waals surface area contributed by atoms with Crippen LogP contribution in [0.15, 0.2) is 62.8 Å². The molecule has 8 heteroatoms. The number of furan rings is 1. The first-order chi connectivity index (χ1) is 11.5. The fourth-order valence-electron chi connectivity index (χ4n) is 2.14. The number of rotatable bonds is 5. The number of nitrogens with one attached hydrogen (secondary N) is 2. The van der Waals surface area contributed by atoms with Crippen molar-refractivity contribution in [3.63, 3.8) is 0 Å². The summed E-state index contributed by atoms with van der Waals surface area (Å²) >= 11 is 0. The van der Waals surface area contributed by atoms with Crippen LogP contribution in [0.1, 0.15) is 12.5 Å². The van der Waals surface area contributed by atoms with Gasteiger partial charge in [-0.3, -0.25) is 9.52 Å². The van der Waals surface area contributed by atoms with Crippen LogP contribution in [0.3, 0.4) is 0 Å². The highest BCUT2D eigenvalue weighted by Gasteiger charge is 2.20. The molecule has 0 fully saturated rings. The normalized spacial score (nSPS) is 11.4. The van der Waals surface area contributed by atoms with Crippen molar-refractivity contribution in [1.29, 1.82) is 0 Å². The molecule has 0 spiro atoms. The number of aromatic amines is 1. The second-order valence-electron chi connectivity index (χ2n) is 5.08. The molecule has 0 aliphatic carbocycles. The van der Waals surface area contributed by atoms with Crippen molar-refractivity contribution < 1.29 is 12.8 Å². The SMILES string of the molecule is CCc1cccc(NS(=O)(=O)c2ccc(-c3ccc(=O)[nH]n3)o2)c1. The van der Waals surface area contributed by atoms with Gasteiger partial charge < -0.3 is 4.42 Å². The number of benzene rings is 1. The van der Waals surface area contributed by atoms with E-state index in [0.717, 1.165) is 12.0 Å². The van der Waals surface area contributed by atoms with Crippen LogP contribution in [0.5, 0.6) is 0 Å². The molecule has 2 aromatic heterocycles. The van der Waals surface area contributed by atoms with Gasteiger partial charge in [0.15, 0.2) is 5.76 Å². The van der Waals surface area contributed by atoms with Gasteiger partial charge in [-0.05, 0) is 42.3 Å². The molecule has 7 nitrogen and oxygen atoms in total. The number of hydrogen-bond acceptors (Lipinski definition) is 5. The van der Waals surface area contributed by atoms with Crippen molar-refractivity contribution in [3.8, 4) is 11.5 Å². The Hall–Kier alpha value is -2.87. The maximum absolute atomic E-state index is 12.4. The lowest BCUT2D eigenvalue weighted by Crippen LogP contribution is -2.12. The lowest BCUT2D eigenvalue weighted by molar-refractivity contribution is 0.461. The summed E-state index contributed by atoms with van der Waals surface area (Å²) < 4.78 is 32.7. The predicted molar refractivity (Wildman–Crippen MR) is 89.2 cm³/mol. The molecule has 2 heterocycles. The fourth-order valence-corrected chi connectivity index (χ4v) is 3.13. The van der Waals surface area contributed by atoms with Crippen LogP contribution in [0.25, 0.3) is 11.5 Å². The Kier molecular flexibility index (Phi) is 4.22. The highest BCUT2D eigenvalue weighted by Crippen LogP contribution is 2.24. The molecular formula is C16H15N3O4S. The summed E-state index contributed by atoms with van der Waals surface area (Å²) in [6.07, 6.45) is 0.804. The van der Waals surface area contributed by atoms with Crippen LogP contribution >= 0.6 is 0 Å². The second-order valence-corrected chi connectivity index (χ2v) is 6.70. The molecule has 24 heavy (non-hydrogen) atoms. The average Bonchev–Trinajstić information content (AvgIpc) is 3.06. The van der Waals surface area contributed by atoms with Crippen molar-refractivity contribution in [2.75, 3.05) is 4.72 Å². The smallest absolute Gasteiger partial charge is 0.295 e.